The van der Waals surface area contributed by atoms with E-state index in [0.29, 0.717) is 72.9 Å². The van der Waals surface area contributed by atoms with E-state index in [9.17, 15) is 18.4 Å². The highest BCUT2D eigenvalue weighted by Crippen LogP contribution is 2.61. The molecule has 1 saturated carbocycles. The minimum atomic E-state index is -2.34. The first-order chi connectivity index (χ1) is 20.1. The molecule has 1 aliphatic carbocycles. The molecule has 42 heavy (non-hydrogen) atoms. The molecule has 3 unspecified atom stereocenters. The van der Waals surface area contributed by atoms with Crippen LogP contribution in [-0.2, 0) is 31.9 Å². The molecule has 3 aliphatic heterocycles. The number of imide groups is 1. The topological polar surface area (TPSA) is 74.8 Å². The molecule has 7 rings (SSSR count). The van der Waals surface area contributed by atoms with Crippen molar-refractivity contribution in [3.63, 3.8) is 0 Å². The van der Waals surface area contributed by atoms with Gasteiger partial charge in [0.2, 0.25) is 18.2 Å². The monoisotopic (exact) mass is 579 g/mol. The number of ether oxygens (including phenoxy) is 1. The van der Waals surface area contributed by atoms with Gasteiger partial charge in [0, 0.05) is 43.2 Å². The molecule has 3 saturated heterocycles. The molecule has 6 nitrogen and oxygen atoms in total. The van der Waals surface area contributed by atoms with E-state index in [1.807, 2.05) is 45.0 Å². The van der Waals surface area contributed by atoms with Crippen LogP contribution in [0.15, 0.2) is 48.7 Å². The summed E-state index contributed by atoms with van der Waals surface area (Å²) in [5.41, 5.74) is 1.08. The van der Waals surface area contributed by atoms with Crippen molar-refractivity contribution in [2.24, 2.45) is 0 Å². The Hall–Kier alpha value is -3.30. The van der Waals surface area contributed by atoms with E-state index in [2.05, 4.69) is 15.2 Å². The molecule has 0 bridgehead atoms. The number of likely N-dealkylation sites (tertiary alicyclic amines) is 1. The zero-order valence-electron chi connectivity index (χ0n) is 24.2. The lowest BCUT2D eigenvalue weighted by atomic mass is 9.80. The quantitative estimate of drug-likeness (QED) is 0.282. The average Bonchev–Trinajstić information content (AvgIpc) is 3.89. The van der Waals surface area contributed by atoms with E-state index in [1.165, 1.54) is 0 Å². The standard InChI is InChI=1S/C31H30F3N3O3.C2H6/c1-29-17-37(16-18-2-4-20(5-3-18)30(10-11-30)28(33)34)13-12-31(29,40-29)23-7-8-24-22(26(23)32)14-19(15-35-24)21-6-9-25(38)36-27(21)39;1-2/h2-5,7-8,14-15,21,28H,6,9-13,16-17H2,1H3,(H,36,38,39);1-2H3. The van der Waals surface area contributed by atoms with Crippen molar-refractivity contribution in [3.8, 4) is 0 Å². The molecule has 4 aliphatic rings. The Morgan fingerprint density at radius 3 is 2.48 bits per heavy atom. The second-order valence-electron chi connectivity index (χ2n) is 12.0. The molecule has 222 valence electrons. The van der Waals surface area contributed by atoms with Gasteiger partial charge < -0.3 is 4.74 Å². The Kier molecular flexibility index (Phi) is 7.17. The van der Waals surface area contributed by atoms with E-state index in [1.54, 1.807) is 24.4 Å². The third kappa shape index (κ3) is 4.61. The van der Waals surface area contributed by atoms with Gasteiger partial charge in [-0.25, -0.2) is 13.2 Å². The molecule has 3 atom stereocenters. The van der Waals surface area contributed by atoms with Crippen molar-refractivity contribution < 1.29 is 27.5 Å². The SMILES string of the molecule is CC.CC12CN(Cc3ccc(C4(C(F)F)CC4)cc3)CCC1(c1ccc3ncc(C4CCC(=O)NC4=O)cc3c1F)O2. The molecule has 2 aromatic carbocycles. The van der Waals surface area contributed by atoms with E-state index in [-0.39, 0.29) is 24.1 Å². The van der Waals surface area contributed by atoms with Gasteiger partial charge in [0.25, 0.3) is 0 Å². The zero-order chi connectivity index (χ0) is 29.9. The van der Waals surface area contributed by atoms with Gasteiger partial charge in [0.05, 0.1) is 16.8 Å². The van der Waals surface area contributed by atoms with Gasteiger partial charge in [-0.1, -0.05) is 44.2 Å². The van der Waals surface area contributed by atoms with Crippen LogP contribution in [0, 0.1) is 5.82 Å². The molecule has 1 aromatic heterocycles. The lowest BCUT2D eigenvalue weighted by molar-refractivity contribution is -0.134. The number of aromatic nitrogens is 1. The Morgan fingerprint density at radius 1 is 1.10 bits per heavy atom. The number of rotatable bonds is 6. The molecule has 9 heteroatoms. The fourth-order valence-corrected chi connectivity index (χ4v) is 6.93. The Labute approximate surface area is 243 Å². The number of nitrogens with zero attached hydrogens (tertiary/aromatic N) is 2. The third-order valence-corrected chi connectivity index (χ3v) is 9.56. The largest absolute Gasteiger partial charge is 0.356 e. The van der Waals surface area contributed by atoms with E-state index >= 15 is 4.39 Å². The lowest BCUT2D eigenvalue weighted by Crippen LogP contribution is -2.44. The number of halogens is 3. The number of fused-ring (bicyclic) bond motifs is 2. The van der Waals surface area contributed by atoms with Gasteiger partial charge in [0.15, 0.2) is 0 Å². The Morgan fingerprint density at radius 2 is 1.83 bits per heavy atom. The Bertz CT molecular complexity index is 1540. The molecule has 4 fully saturated rings. The van der Waals surface area contributed by atoms with Crippen LogP contribution in [0.1, 0.15) is 81.0 Å². The van der Waals surface area contributed by atoms with Crippen LogP contribution in [0.2, 0.25) is 0 Å². The minimum Gasteiger partial charge on any atom is -0.356 e. The summed E-state index contributed by atoms with van der Waals surface area (Å²) in [6.45, 7) is 7.98. The second-order valence-corrected chi connectivity index (χ2v) is 12.0. The molecular formula is C33H36F3N3O3. The maximum absolute atomic E-state index is 16.1. The van der Waals surface area contributed by atoms with Crippen molar-refractivity contribution in [1.29, 1.82) is 0 Å². The fraction of sp³-hybridized carbons (Fsp3) is 0.485. The van der Waals surface area contributed by atoms with Crippen LogP contribution in [0.4, 0.5) is 13.2 Å². The van der Waals surface area contributed by atoms with Gasteiger partial charge in [0.1, 0.15) is 17.0 Å². The first-order valence-corrected chi connectivity index (χ1v) is 14.9. The molecule has 2 amide bonds. The molecule has 3 aromatic rings. The van der Waals surface area contributed by atoms with Crippen LogP contribution in [-0.4, -0.2) is 46.8 Å². The first kappa shape index (κ1) is 28.8. The maximum atomic E-state index is 16.1. The molecular weight excluding hydrogens is 543 g/mol. The number of carbonyl (C=O) groups is 2. The highest BCUT2D eigenvalue weighted by molar-refractivity contribution is 6.01. The number of benzene rings is 2. The molecule has 1 N–H and O–H groups in total. The summed E-state index contributed by atoms with van der Waals surface area (Å²) >= 11 is 0. The number of piperidine rings is 2. The summed E-state index contributed by atoms with van der Waals surface area (Å²) in [6, 6.07) is 12.8. The summed E-state index contributed by atoms with van der Waals surface area (Å²) in [5, 5.41) is 2.69. The van der Waals surface area contributed by atoms with Crippen molar-refractivity contribution in [3.05, 3.63) is 76.7 Å². The average molecular weight is 580 g/mol. The number of pyridine rings is 1. The predicted molar refractivity (Wildman–Crippen MR) is 153 cm³/mol. The number of hydrogen-bond acceptors (Lipinski definition) is 5. The zero-order valence-corrected chi connectivity index (χ0v) is 24.2. The van der Waals surface area contributed by atoms with E-state index in [0.717, 1.165) is 5.56 Å². The van der Waals surface area contributed by atoms with Crippen LogP contribution >= 0.6 is 0 Å². The first-order valence-electron chi connectivity index (χ1n) is 14.9. The van der Waals surface area contributed by atoms with Crippen molar-refractivity contribution >= 4 is 22.7 Å². The van der Waals surface area contributed by atoms with Gasteiger partial charge in [-0.3, -0.25) is 24.8 Å². The van der Waals surface area contributed by atoms with Gasteiger partial charge in [-0.15, -0.1) is 0 Å². The smallest absolute Gasteiger partial charge is 0.248 e. The van der Waals surface area contributed by atoms with Crippen molar-refractivity contribution in [1.82, 2.24) is 15.2 Å². The number of epoxide rings is 1. The lowest BCUT2D eigenvalue weighted by Gasteiger charge is -2.33. The highest BCUT2D eigenvalue weighted by Gasteiger charge is 2.70. The number of amides is 2. The maximum Gasteiger partial charge on any atom is 0.248 e. The summed E-state index contributed by atoms with van der Waals surface area (Å²) < 4.78 is 49.4. The van der Waals surface area contributed by atoms with Crippen molar-refractivity contribution in [2.75, 3.05) is 13.1 Å². The van der Waals surface area contributed by atoms with E-state index in [4.69, 9.17) is 4.74 Å². The second kappa shape index (κ2) is 10.5. The Balaban J connectivity index is 0.00000155. The van der Waals surface area contributed by atoms with E-state index < -0.39 is 29.0 Å². The summed E-state index contributed by atoms with van der Waals surface area (Å²) in [5.74, 6) is -1.61. The normalized spacial score (nSPS) is 28.1. The van der Waals surface area contributed by atoms with Crippen LogP contribution in [0.3, 0.4) is 0 Å². The predicted octanol–water partition coefficient (Wildman–Crippen LogP) is 6.11. The molecule has 0 radical (unpaired) electrons. The third-order valence-electron chi connectivity index (χ3n) is 9.56. The van der Waals surface area contributed by atoms with Crippen LogP contribution in [0.5, 0.6) is 0 Å². The molecule has 0 spiro atoms. The van der Waals surface area contributed by atoms with Gasteiger partial charge in [-0.05, 0) is 61.4 Å². The minimum absolute atomic E-state index is 0.239. The fourth-order valence-electron chi connectivity index (χ4n) is 6.93. The number of carbonyl (C=O) groups excluding carboxylic acids is 2. The van der Waals surface area contributed by atoms with Gasteiger partial charge in [-0.2, -0.15) is 0 Å². The van der Waals surface area contributed by atoms with Crippen LogP contribution < -0.4 is 5.32 Å². The molecule has 4 heterocycles. The highest BCUT2D eigenvalue weighted by atomic mass is 19.3. The van der Waals surface area contributed by atoms with Gasteiger partial charge >= 0.3 is 0 Å². The summed E-state index contributed by atoms with van der Waals surface area (Å²) in [6.07, 6.45) is 1.54. The number of hydrogen-bond donors (Lipinski definition) is 1. The number of nitrogens with one attached hydrogen (secondary N) is 1. The number of alkyl halides is 2. The summed E-state index contributed by atoms with van der Waals surface area (Å²) in [7, 11) is 0. The van der Waals surface area contributed by atoms with Crippen molar-refractivity contribution in [2.45, 2.75) is 88.4 Å². The summed E-state index contributed by atoms with van der Waals surface area (Å²) in [4.78, 5) is 30.6. The van der Waals surface area contributed by atoms with Crippen LogP contribution in [0.25, 0.3) is 10.9 Å².